The summed E-state index contributed by atoms with van der Waals surface area (Å²) < 4.78 is 9.70. The quantitative estimate of drug-likeness (QED) is 0.761. The van der Waals surface area contributed by atoms with Gasteiger partial charge in [-0.15, -0.1) is 0 Å². The number of hydrogen-bond acceptors (Lipinski definition) is 5. The molecule has 1 amide bonds. The lowest BCUT2D eigenvalue weighted by Gasteiger charge is -2.14. The molecule has 0 aliphatic heterocycles. The van der Waals surface area contributed by atoms with Crippen LogP contribution in [0.3, 0.4) is 0 Å². The molecule has 6 heteroatoms. The molecule has 1 unspecified atom stereocenters. The van der Waals surface area contributed by atoms with E-state index in [0.717, 1.165) is 5.56 Å². The smallest absolute Gasteiger partial charge is 0.337 e. The average Bonchev–Trinajstić information content (AvgIpc) is 2.46. The van der Waals surface area contributed by atoms with Crippen LogP contribution < -0.4 is 11.1 Å². The monoisotopic (exact) mass is 280 g/mol. The summed E-state index contributed by atoms with van der Waals surface area (Å²) in [5, 5.41) is 2.75. The summed E-state index contributed by atoms with van der Waals surface area (Å²) in [5.74, 6) is -0.662. The fourth-order valence-corrected chi connectivity index (χ4v) is 1.67. The van der Waals surface area contributed by atoms with Gasteiger partial charge in [-0.2, -0.15) is 0 Å². The summed E-state index contributed by atoms with van der Waals surface area (Å²) in [5.41, 5.74) is 7.28. The number of carbonyl (C=O) groups is 2. The standard InChI is InChI=1S/C14H20N2O4/c1-9-4-5-10(14(18)20-3)6-12(9)16-13(17)7-11(8-15)19-2/h4-6,11H,7-8,15H2,1-3H3,(H,16,17). The maximum absolute atomic E-state index is 11.9. The first-order chi connectivity index (χ1) is 9.51. The molecule has 0 bridgehead atoms. The zero-order valence-corrected chi connectivity index (χ0v) is 11.9. The molecule has 3 N–H and O–H groups in total. The fraction of sp³-hybridized carbons (Fsp3) is 0.429. The SMILES string of the molecule is COC(=O)c1ccc(C)c(NC(=O)CC(CN)OC)c1. The van der Waals surface area contributed by atoms with Gasteiger partial charge in [0.25, 0.3) is 0 Å². The molecule has 0 fully saturated rings. The zero-order chi connectivity index (χ0) is 15.1. The number of benzene rings is 1. The Hall–Kier alpha value is -1.92. The third kappa shape index (κ3) is 4.32. The first-order valence-corrected chi connectivity index (χ1v) is 6.23. The van der Waals surface area contributed by atoms with Gasteiger partial charge in [0.05, 0.1) is 25.2 Å². The van der Waals surface area contributed by atoms with Crippen molar-refractivity contribution in [1.82, 2.24) is 0 Å². The van der Waals surface area contributed by atoms with E-state index in [1.807, 2.05) is 6.92 Å². The minimum absolute atomic E-state index is 0.162. The number of anilines is 1. The number of amides is 1. The van der Waals surface area contributed by atoms with Crippen molar-refractivity contribution in [2.24, 2.45) is 5.73 Å². The fourth-order valence-electron chi connectivity index (χ4n) is 1.67. The first kappa shape index (κ1) is 16.1. The van der Waals surface area contributed by atoms with Gasteiger partial charge in [0.15, 0.2) is 0 Å². The van der Waals surface area contributed by atoms with Crippen molar-refractivity contribution >= 4 is 17.6 Å². The van der Waals surface area contributed by atoms with Crippen molar-refractivity contribution in [3.63, 3.8) is 0 Å². The van der Waals surface area contributed by atoms with Gasteiger partial charge in [-0.1, -0.05) is 6.07 Å². The lowest BCUT2D eigenvalue weighted by molar-refractivity contribution is -0.118. The highest BCUT2D eigenvalue weighted by Gasteiger charge is 2.14. The van der Waals surface area contributed by atoms with Gasteiger partial charge in [0.2, 0.25) is 5.91 Å². The maximum Gasteiger partial charge on any atom is 0.337 e. The molecule has 0 aliphatic rings. The molecule has 1 rings (SSSR count). The zero-order valence-electron chi connectivity index (χ0n) is 11.9. The Morgan fingerprint density at radius 2 is 2.05 bits per heavy atom. The molecule has 0 spiro atoms. The van der Waals surface area contributed by atoms with Crippen LogP contribution in [0.1, 0.15) is 22.3 Å². The van der Waals surface area contributed by atoms with E-state index >= 15 is 0 Å². The van der Waals surface area contributed by atoms with Crippen LogP contribution in [0.4, 0.5) is 5.69 Å². The third-order valence-corrected chi connectivity index (χ3v) is 2.94. The molecule has 0 heterocycles. The first-order valence-electron chi connectivity index (χ1n) is 6.23. The molecular formula is C14H20N2O4. The molecule has 20 heavy (non-hydrogen) atoms. The predicted molar refractivity (Wildman–Crippen MR) is 75.6 cm³/mol. The van der Waals surface area contributed by atoms with Gasteiger partial charge >= 0.3 is 5.97 Å². The van der Waals surface area contributed by atoms with Crippen LogP contribution in [0, 0.1) is 6.92 Å². The van der Waals surface area contributed by atoms with Crippen LogP contribution in [-0.2, 0) is 14.3 Å². The molecule has 1 atom stereocenters. The molecule has 0 saturated carbocycles. The number of nitrogens with two attached hydrogens (primary N) is 1. The highest BCUT2D eigenvalue weighted by atomic mass is 16.5. The van der Waals surface area contributed by atoms with Gasteiger partial charge in [-0.25, -0.2) is 4.79 Å². The number of esters is 1. The van der Waals surface area contributed by atoms with E-state index in [9.17, 15) is 9.59 Å². The molecule has 0 aliphatic carbocycles. The summed E-state index contributed by atoms with van der Waals surface area (Å²) in [4.78, 5) is 23.3. The predicted octanol–water partition coefficient (Wildman–Crippen LogP) is 1.08. The molecule has 6 nitrogen and oxygen atoms in total. The Balaban J connectivity index is 2.81. The lowest BCUT2D eigenvalue weighted by atomic mass is 10.1. The second kappa shape index (κ2) is 7.62. The van der Waals surface area contributed by atoms with E-state index in [0.29, 0.717) is 11.3 Å². The Labute approximate surface area is 118 Å². The summed E-state index contributed by atoms with van der Waals surface area (Å²) in [6.45, 7) is 2.11. The van der Waals surface area contributed by atoms with E-state index < -0.39 is 5.97 Å². The van der Waals surface area contributed by atoms with Crippen LogP contribution in [0.25, 0.3) is 0 Å². The lowest BCUT2D eigenvalue weighted by Crippen LogP contribution is -2.28. The highest BCUT2D eigenvalue weighted by molar-refractivity contribution is 5.95. The Kier molecular flexibility index (Phi) is 6.14. The summed E-state index contributed by atoms with van der Waals surface area (Å²) >= 11 is 0. The van der Waals surface area contributed by atoms with E-state index in [-0.39, 0.29) is 25.0 Å². The van der Waals surface area contributed by atoms with Gasteiger partial charge in [-0.05, 0) is 24.6 Å². The number of methoxy groups -OCH3 is 2. The number of ether oxygens (including phenoxy) is 2. The van der Waals surface area contributed by atoms with Gasteiger partial charge < -0.3 is 20.5 Å². The number of aryl methyl sites for hydroxylation is 1. The van der Waals surface area contributed by atoms with Crippen molar-refractivity contribution in [3.8, 4) is 0 Å². The molecular weight excluding hydrogens is 260 g/mol. The summed E-state index contributed by atoms with van der Waals surface area (Å²) in [7, 11) is 2.82. The topological polar surface area (TPSA) is 90.7 Å². The molecule has 0 radical (unpaired) electrons. The third-order valence-electron chi connectivity index (χ3n) is 2.94. The summed E-state index contributed by atoms with van der Waals surface area (Å²) in [6.07, 6.45) is -0.159. The highest BCUT2D eigenvalue weighted by Crippen LogP contribution is 2.18. The summed E-state index contributed by atoms with van der Waals surface area (Å²) in [6, 6.07) is 4.98. The number of rotatable bonds is 6. The molecule has 1 aromatic carbocycles. The van der Waals surface area contributed by atoms with Crippen molar-refractivity contribution in [2.45, 2.75) is 19.4 Å². The number of carbonyl (C=O) groups excluding carboxylic acids is 2. The molecule has 0 saturated heterocycles. The van der Waals surface area contributed by atoms with E-state index in [1.54, 1.807) is 18.2 Å². The second-order valence-electron chi connectivity index (χ2n) is 4.37. The van der Waals surface area contributed by atoms with Crippen molar-refractivity contribution in [2.75, 3.05) is 26.1 Å². The van der Waals surface area contributed by atoms with Crippen LogP contribution in [0.5, 0.6) is 0 Å². The van der Waals surface area contributed by atoms with E-state index in [1.165, 1.54) is 14.2 Å². The van der Waals surface area contributed by atoms with Crippen LogP contribution in [-0.4, -0.2) is 38.7 Å². The maximum atomic E-state index is 11.9. The number of hydrogen-bond donors (Lipinski definition) is 2. The minimum atomic E-state index is -0.447. The average molecular weight is 280 g/mol. The Bertz CT molecular complexity index is 484. The normalized spacial score (nSPS) is 11.8. The molecule has 110 valence electrons. The largest absolute Gasteiger partial charge is 0.465 e. The molecule has 1 aromatic rings. The van der Waals surface area contributed by atoms with Gasteiger partial charge in [0, 0.05) is 19.3 Å². The Morgan fingerprint density at radius 3 is 2.60 bits per heavy atom. The Morgan fingerprint density at radius 1 is 1.35 bits per heavy atom. The van der Waals surface area contributed by atoms with E-state index in [4.69, 9.17) is 10.5 Å². The molecule has 0 aromatic heterocycles. The van der Waals surface area contributed by atoms with Crippen LogP contribution in [0.2, 0.25) is 0 Å². The van der Waals surface area contributed by atoms with E-state index in [2.05, 4.69) is 10.1 Å². The van der Waals surface area contributed by atoms with Crippen molar-refractivity contribution < 1.29 is 19.1 Å². The van der Waals surface area contributed by atoms with Crippen LogP contribution >= 0.6 is 0 Å². The van der Waals surface area contributed by atoms with Crippen molar-refractivity contribution in [1.29, 1.82) is 0 Å². The van der Waals surface area contributed by atoms with Crippen LogP contribution in [0.15, 0.2) is 18.2 Å². The van der Waals surface area contributed by atoms with Gasteiger partial charge in [-0.3, -0.25) is 4.79 Å². The second-order valence-corrected chi connectivity index (χ2v) is 4.37. The number of nitrogens with one attached hydrogen (secondary N) is 1. The van der Waals surface area contributed by atoms with Crippen molar-refractivity contribution in [3.05, 3.63) is 29.3 Å². The van der Waals surface area contributed by atoms with Gasteiger partial charge in [0.1, 0.15) is 0 Å². The minimum Gasteiger partial charge on any atom is -0.465 e.